The molecule has 3 aromatic rings. The van der Waals surface area contributed by atoms with Crippen LogP contribution < -0.4 is 10.2 Å². The van der Waals surface area contributed by atoms with Crippen LogP contribution >= 0.6 is 34.5 Å². The number of piperidine rings is 1. The van der Waals surface area contributed by atoms with E-state index in [4.69, 9.17) is 23.2 Å². The quantitative estimate of drug-likeness (QED) is 0.367. The summed E-state index contributed by atoms with van der Waals surface area (Å²) in [4.78, 5) is 33.9. The molecule has 1 aliphatic rings. The zero-order valence-corrected chi connectivity index (χ0v) is 21.0. The number of amides is 1. The number of carbonyl (C=O) groups excluding carboxylic acids is 1. The number of halogens is 2. The summed E-state index contributed by atoms with van der Waals surface area (Å²) in [6.45, 7) is 3.13. The molecular formula is C24H26Cl2N4O3S. The van der Waals surface area contributed by atoms with Crippen molar-refractivity contribution in [3.05, 3.63) is 68.4 Å². The maximum absolute atomic E-state index is 13.0. The zero-order chi connectivity index (χ0) is 24.2. The van der Waals surface area contributed by atoms with Crippen LogP contribution in [0.25, 0.3) is 0 Å². The Morgan fingerprint density at radius 3 is 2.68 bits per heavy atom. The van der Waals surface area contributed by atoms with E-state index in [1.54, 1.807) is 6.92 Å². The molecule has 4 rings (SSSR count). The van der Waals surface area contributed by atoms with Crippen molar-refractivity contribution < 1.29 is 14.7 Å². The summed E-state index contributed by atoms with van der Waals surface area (Å²) >= 11 is 13.6. The van der Waals surface area contributed by atoms with Crippen LogP contribution in [0.2, 0.25) is 10.0 Å². The molecule has 3 heterocycles. The first-order valence-corrected chi connectivity index (χ1v) is 12.7. The molecule has 3 N–H and O–H groups in total. The molecule has 0 radical (unpaired) electrons. The highest BCUT2D eigenvalue weighted by Crippen LogP contribution is 2.32. The number of H-pyrrole nitrogens is 1. The van der Waals surface area contributed by atoms with Crippen LogP contribution in [-0.4, -0.2) is 46.1 Å². The zero-order valence-electron chi connectivity index (χ0n) is 18.7. The number of aromatic amines is 1. The number of thiazole rings is 1. The first kappa shape index (κ1) is 24.6. The van der Waals surface area contributed by atoms with Crippen LogP contribution in [0.3, 0.4) is 0 Å². The van der Waals surface area contributed by atoms with Crippen molar-refractivity contribution in [2.24, 2.45) is 5.92 Å². The Kier molecular flexibility index (Phi) is 7.80. The molecule has 2 atom stereocenters. The number of aromatic nitrogens is 2. The first-order valence-electron chi connectivity index (χ1n) is 11.2. The van der Waals surface area contributed by atoms with Gasteiger partial charge in [-0.15, -0.1) is 0 Å². The molecule has 10 heteroatoms. The van der Waals surface area contributed by atoms with Gasteiger partial charge in [0.15, 0.2) is 5.13 Å². The number of nitrogens with zero attached hydrogens (tertiary/aromatic N) is 2. The van der Waals surface area contributed by atoms with Crippen LogP contribution in [0, 0.1) is 12.8 Å². The predicted molar refractivity (Wildman–Crippen MR) is 136 cm³/mol. The van der Waals surface area contributed by atoms with Gasteiger partial charge in [-0.25, -0.2) is 9.78 Å². The second kappa shape index (κ2) is 10.8. The Morgan fingerprint density at radius 1 is 1.26 bits per heavy atom. The van der Waals surface area contributed by atoms with Gasteiger partial charge in [-0.3, -0.25) is 4.79 Å². The van der Waals surface area contributed by atoms with Crippen LogP contribution in [0.5, 0.6) is 0 Å². The van der Waals surface area contributed by atoms with Crippen molar-refractivity contribution in [3.8, 4) is 0 Å². The number of anilines is 1. The van der Waals surface area contributed by atoms with Crippen molar-refractivity contribution in [2.45, 2.75) is 38.6 Å². The van der Waals surface area contributed by atoms with Gasteiger partial charge in [-0.1, -0.05) is 64.9 Å². The highest BCUT2D eigenvalue weighted by molar-refractivity contribution is 7.17. The van der Waals surface area contributed by atoms with E-state index >= 15 is 0 Å². The Balaban J connectivity index is 1.47. The number of hydrogen-bond acceptors (Lipinski definition) is 5. The molecule has 1 fully saturated rings. The van der Waals surface area contributed by atoms with Crippen molar-refractivity contribution in [1.29, 1.82) is 0 Å². The van der Waals surface area contributed by atoms with Gasteiger partial charge in [0, 0.05) is 24.8 Å². The SMILES string of the molecule is Cc1[nH]c(C(=O)NC2CCN(c3ncc(C(=O)O)s3)CC2CCCc2ccccc2)c(Cl)c1Cl. The summed E-state index contributed by atoms with van der Waals surface area (Å²) in [7, 11) is 0. The van der Waals surface area contributed by atoms with Crippen LogP contribution in [-0.2, 0) is 6.42 Å². The molecule has 0 spiro atoms. The summed E-state index contributed by atoms with van der Waals surface area (Å²) < 4.78 is 0. The van der Waals surface area contributed by atoms with E-state index in [2.05, 4.69) is 32.3 Å². The van der Waals surface area contributed by atoms with E-state index in [0.717, 1.165) is 25.7 Å². The lowest BCUT2D eigenvalue weighted by molar-refractivity contribution is 0.0701. The van der Waals surface area contributed by atoms with Crippen molar-refractivity contribution in [2.75, 3.05) is 18.0 Å². The van der Waals surface area contributed by atoms with Gasteiger partial charge < -0.3 is 20.3 Å². The molecule has 0 saturated carbocycles. The van der Waals surface area contributed by atoms with E-state index < -0.39 is 5.97 Å². The van der Waals surface area contributed by atoms with E-state index in [1.807, 2.05) is 18.2 Å². The highest BCUT2D eigenvalue weighted by Gasteiger charge is 2.32. The summed E-state index contributed by atoms with van der Waals surface area (Å²) in [6.07, 6.45) is 4.96. The molecule has 0 bridgehead atoms. The molecule has 7 nitrogen and oxygen atoms in total. The van der Waals surface area contributed by atoms with Gasteiger partial charge >= 0.3 is 5.97 Å². The Labute approximate surface area is 212 Å². The third-order valence-electron chi connectivity index (χ3n) is 6.19. The van der Waals surface area contributed by atoms with E-state index in [1.165, 1.54) is 23.1 Å². The minimum absolute atomic E-state index is 0.0446. The number of aryl methyl sites for hydroxylation is 2. The third-order valence-corrected chi connectivity index (χ3v) is 8.18. The van der Waals surface area contributed by atoms with Crippen molar-refractivity contribution in [1.82, 2.24) is 15.3 Å². The van der Waals surface area contributed by atoms with E-state index in [-0.39, 0.29) is 33.5 Å². The number of carboxylic acid groups (broad SMARTS) is 1. The molecule has 1 aliphatic heterocycles. The molecule has 2 unspecified atom stereocenters. The molecule has 180 valence electrons. The number of rotatable bonds is 8. The summed E-state index contributed by atoms with van der Waals surface area (Å²) in [5, 5.41) is 13.7. The van der Waals surface area contributed by atoms with Gasteiger partial charge in [-0.05, 0) is 44.1 Å². The Hall–Kier alpha value is -2.55. The van der Waals surface area contributed by atoms with Crippen LogP contribution in [0.15, 0.2) is 36.5 Å². The molecule has 34 heavy (non-hydrogen) atoms. The van der Waals surface area contributed by atoms with Gasteiger partial charge in [0.05, 0.1) is 16.2 Å². The Bertz CT molecular complexity index is 1160. The summed E-state index contributed by atoms with van der Waals surface area (Å²) in [5.41, 5.74) is 2.22. The number of carbonyl (C=O) groups is 2. The van der Waals surface area contributed by atoms with Crippen molar-refractivity contribution >= 4 is 51.5 Å². The lowest BCUT2D eigenvalue weighted by Gasteiger charge is -2.39. The average Bonchev–Trinajstić information content (AvgIpc) is 3.42. The fourth-order valence-electron chi connectivity index (χ4n) is 4.38. The van der Waals surface area contributed by atoms with Crippen LogP contribution in [0.1, 0.15) is 50.7 Å². The van der Waals surface area contributed by atoms with Gasteiger partial charge in [-0.2, -0.15) is 0 Å². The minimum Gasteiger partial charge on any atom is -0.477 e. The molecule has 1 amide bonds. The molecule has 0 aliphatic carbocycles. The number of benzene rings is 1. The second-order valence-corrected chi connectivity index (χ2v) is 10.3. The number of carboxylic acids is 1. The fourth-order valence-corrected chi connectivity index (χ4v) is 5.59. The maximum atomic E-state index is 13.0. The Morgan fingerprint density at radius 2 is 2.03 bits per heavy atom. The van der Waals surface area contributed by atoms with Crippen LogP contribution in [0.4, 0.5) is 5.13 Å². The lowest BCUT2D eigenvalue weighted by atomic mass is 9.87. The third kappa shape index (κ3) is 5.56. The molecular weight excluding hydrogens is 495 g/mol. The molecule has 1 aromatic carbocycles. The number of hydrogen-bond donors (Lipinski definition) is 3. The molecule has 2 aromatic heterocycles. The first-order chi connectivity index (χ1) is 16.3. The highest BCUT2D eigenvalue weighted by atomic mass is 35.5. The number of nitrogens with one attached hydrogen (secondary N) is 2. The average molecular weight is 521 g/mol. The normalized spacial score (nSPS) is 18.1. The van der Waals surface area contributed by atoms with Gasteiger partial charge in [0.1, 0.15) is 10.6 Å². The number of aromatic carboxylic acids is 1. The monoisotopic (exact) mass is 520 g/mol. The van der Waals surface area contributed by atoms with Gasteiger partial charge in [0.25, 0.3) is 5.91 Å². The lowest BCUT2D eigenvalue weighted by Crippen LogP contribution is -2.51. The van der Waals surface area contributed by atoms with Crippen molar-refractivity contribution in [3.63, 3.8) is 0 Å². The van der Waals surface area contributed by atoms with E-state index in [9.17, 15) is 14.7 Å². The van der Waals surface area contributed by atoms with Gasteiger partial charge in [0.2, 0.25) is 0 Å². The summed E-state index contributed by atoms with van der Waals surface area (Å²) in [6, 6.07) is 10.3. The fraction of sp³-hybridized carbons (Fsp3) is 0.375. The topological polar surface area (TPSA) is 98.3 Å². The maximum Gasteiger partial charge on any atom is 0.347 e. The second-order valence-electron chi connectivity index (χ2n) is 8.52. The smallest absolute Gasteiger partial charge is 0.347 e. The summed E-state index contributed by atoms with van der Waals surface area (Å²) in [5.74, 6) is -1.07. The largest absolute Gasteiger partial charge is 0.477 e. The molecule has 1 saturated heterocycles. The standard InChI is InChI=1S/C24H26Cl2N4O3S/c1-14-19(25)20(26)21(28-14)22(31)29-17-10-11-30(24-27-12-18(34-24)23(32)33)13-16(17)9-5-8-15-6-3-2-4-7-15/h2-4,6-7,12,16-17,28H,5,8-11,13H2,1H3,(H,29,31)(H,32,33). The van der Waals surface area contributed by atoms with E-state index in [0.29, 0.717) is 28.9 Å². The predicted octanol–water partition coefficient (Wildman–Crippen LogP) is 5.43. The minimum atomic E-state index is -0.970.